The molecule has 0 fully saturated rings. The summed E-state index contributed by atoms with van der Waals surface area (Å²) >= 11 is 0. The molecule has 2 aromatic carbocycles. The zero-order valence-electron chi connectivity index (χ0n) is 15.2. The summed E-state index contributed by atoms with van der Waals surface area (Å²) in [6.45, 7) is 5.48. The van der Waals surface area contributed by atoms with Gasteiger partial charge in [0.25, 0.3) is 0 Å². The molecule has 132 valence electrons. The third-order valence-corrected chi connectivity index (χ3v) is 4.68. The topological polar surface area (TPSA) is 48.3 Å². The Labute approximate surface area is 152 Å². The van der Waals surface area contributed by atoms with E-state index >= 15 is 0 Å². The smallest absolute Gasteiger partial charge is 0.419 e. The highest BCUT2D eigenvalue weighted by Crippen LogP contribution is 2.33. The number of aromatic nitrogens is 1. The van der Waals surface area contributed by atoms with E-state index in [9.17, 15) is 9.59 Å². The predicted octanol–water partition coefficient (Wildman–Crippen LogP) is 4.75. The van der Waals surface area contributed by atoms with Crippen molar-refractivity contribution in [1.82, 2.24) is 4.57 Å². The lowest BCUT2D eigenvalue weighted by molar-refractivity contribution is 0.0536. The minimum atomic E-state index is -0.638. The first-order valence-electron chi connectivity index (χ1n) is 8.85. The molecule has 0 unspecified atom stereocenters. The van der Waals surface area contributed by atoms with E-state index in [1.807, 2.05) is 69.3 Å². The molecule has 4 rings (SSSR count). The monoisotopic (exact) mass is 347 g/mol. The number of ketones is 1. The number of hydrogen-bond donors (Lipinski definition) is 0. The highest BCUT2D eigenvalue weighted by atomic mass is 16.6. The van der Waals surface area contributed by atoms with Gasteiger partial charge in [0.05, 0.1) is 5.52 Å². The van der Waals surface area contributed by atoms with Gasteiger partial charge in [-0.3, -0.25) is 4.79 Å². The number of ether oxygens (including phenoxy) is 1. The maximum absolute atomic E-state index is 13.4. The first kappa shape index (κ1) is 16.6. The highest BCUT2D eigenvalue weighted by molar-refractivity contribution is 6.15. The fourth-order valence-corrected chi connectivity index (χ4v) is 3.64. The maximum Gasteiger partial charge on any atom is 0.419 e. The molecule has 4 heteroatoms. The summed E-state index contributed by atoms with van der Waals surface area (Å²) in [4.78, 5) is 26.3. The molecule has 26 heavy (non-hydrogen) atoms. The largest absolute Gasteiger partial charge is 0.443 e. The van der Waals surface area contributed by atoms with Crippen LogP contribution in [0.25, 0.3) is 10.9 Å². The Morgan fingerprint density at radius 3 is 2.46 bits per heavy atom. The van der Waals surface area contributed by atoms with Crippen molar-refractivity contribution < 1.29 is 14.3 Å². The molecule has 1 aliphatic carbocycles. The number of hydrogen-bond acceptors (Lipinski definition) is 3. The van der Waals surface area contributed by atoms with Crippen LogP contribution in [-0.4, -0.2) is 22.0 Å². The molecule has 0 amide bonds. The summed E-state index contributed by atoms with van der Waals surface area (Å²) in [5, 5.41) is 0.939. The molecule has 0 atom stereocenters. The summed E-state index contributed by atoms with van der Waals surface area (Å²) in [5.74, 6) is -0.116. The van der Waals surface area contributed by atoms with E-state index < -0.39 is 11.7 Å². The lowest BCUT2D eigenvalue weighted by Gasteiger charge is -2.21. The second-order valence-electron chi connectivity index (χ2n) is 7.65. The molecule has 0 N–H and O–H groups in total. The molecule has 0 saturated carbocycles. The van der Waals surface area contributed by atoms with Crippen LogP contribution in [0.15, 0.2) is 48.5 Å². The van der Waals surface area contributed by atoms with Crippen molar-refractivity contribution in [3.05, 3.63) is 70.9 Å². The van der Waals surface area contributed by atoms with E-state index in [4.69, 9.17) is 4.74 Å². The standard InChI is InChI=1S/C22H21NO3/c1-22(2,3)26-21(25)23-18-11-7-6-10-16(18)17-13-12-14-8-4-5-9-15(14)20(24)19(17)23/h4-11H,12-13H2,1-3H3. The fraction of sp³-hybridized carbons (Fsp3) is 0.273. The van der Waals surface area contributed by atoms with Crippen LogP contribution in [0.3, 0.4) is 0 Å². The van der Waals surface area contributed by atoms with E-state index in [-0.39, 0.29) is 5.78 Å². The number of benzene rings is 2. The van der Waals surface area contributed by atoms with Crippen LogP contribution in [0, 0.1) is 0 Å². The zero-order valence-corrected chi connectivity index (χ0v) is 15.2. The van der Waals surface area contributed by atoms with Gasteiger partial charge in [-0.2, -0.15) is 0 Å². The number of carbonyl (C=O) groups excluding carboxylic acids is 2. The average Bonchev–Trinajstić information content (AvgIpc) is 2.85. The summed E-state index contributed by atoms with van der Waals surface area (Å²) < 4.78 is 7.06. The number of rotatable bonds is 0. The number of nitrogens with zero attached hydrogens (tertiary/aromatic N) is 1. The van der Waals surface area contributed by atoms with Gasteiger partial charge in [0.15, 0.2) is 0 Å². The highest BCUT2D eigenvalue weighted by Gasteiger charge is 2.31. The summed E-state index contributed by atoms with van der Waals surface area (Å²) in [5.41, 5.74) is 3.13. The number of aryl methyl sites for hydroxylation is 2. The predicted molar refractivity (Wildman–Crippen MR) is 101 cm³/mol. The van der Waals surface area contributed by atoms with Crippen LogP contribution in [0.4, 0.5) is 4.79 Å². The van der Waals surface area contributed by atoms with Crippen molar-refractivity contribution in [1.29, 1.82) is 0 Å². The zero-order chi connectivity index (χ0) is 18.5. The van der Waals surface area contributed by atoms with Gasteiger partial charge in [-0.15, -0.1) is 0 Å². The molecule has 0 aliphatic heterocycles. The Morgan fingerprint density at radius 2 is 1.69 bits per heavy atom. The number of fused-ring (bicyclic) bond motifs is 4. The van der Waals surface area contributed by atoms with Crippen molar-refractivity contribution >= 4 is 22.8 Å². The lowest BCUT2D eigenvalue weighted by atomic mass is 10.0. The van der Waals surface area contributed by atoms with E-state index in [0.29, 0.717) is 17.7 Å². The average molecular weight is 347 g/mol. The molecule has 4 nitrogen and oxygen atoms in total. The Bertz CT molecular complexity index is 1040. The van der Waals surface area contributed by atoms with E-state index in [0.717, 1.165) is 28.5 Å². The Balaban J connectivity index is 1.99. The van der Waals surface area contributed by atoms with Crippen LogP contribution >= 0.6 is 0 Å². The minimum Gasteiger partial charge on any atom is -0.443 e. The van der Waals surface area contributed by atoms with Crippen molar-refractivity contribution in [3.8, 4) is 0 Å². The minimum absolute atomic E-state index is 0.116. The summed E-state index contributed by atoms with van der Waals surface area (Å²) in [6.07, 6.45) is 0.980. The second kappa shape index (κ2) is 5.84. The van der Waals surface area contributed by atoms with E-state index in [1.165, 1.54) is 4.57 Å². The van der Waals surface area contributed by atoms with Gasteiger partial charge in [-0.05, 0) is 50.8 Å². The second-order valence-corrected chi connectivity index (χ2v) is 7.65. The van der Waals surface area contributed by atoms with Crippen molar-refractivity contribution in [2.45, 2.75) is 39.2 Å². The summed E-state index contributed by atoms with van der Waals surface area (Å²) in [6, 6.07) is 15.3. The molecule has 0 saturated heterocycles. The fourth-order valence-electron chi connectivity index (χ4n) is 3.64. The van der Waals surface area contributed by atoms with Gasteiger partial charge in [0.2, 0.25) is 5.78 Å². The molecule has 0 spiro atoms. The van der Waals surface area contributed by atoms with Gasteiger partial charge < -0.3 is 4.74 Å². The van der Waals surface area contributed by atoms with Crippen LogP contribution in [0.5, 0.6) is 0 Å². The van der Waals surface area contributed by atoms with Crippen molar-refractivity contribution in [2.75, 3.05) is 0 Å². The lowest BCUT2D eigenvalue weighted by Crippen LogP contribution is -2.29. The van der Waals surface area contributed by atoms with Crippen LogP contribution < -0.4 is 0 Å². The molecular formula is C22H21NO3. The molecule has 1 heterocycles. The van der Waals surface area contributed by atoms with Gasteiger partial charge in [0.1, 0.15) is 11.3 Å². The van der Waals surface area contributed by atoms with Crippen molar-refractivity contribution in [2.24, 2.45) is 0 Å². The van der Waals surface area contributed by atoms with Crippen LogP contribution in [0.1, 0.15) is 48.0 Å². The van der Waals surface area contributed by atoms with Gasteiger partial charge in [0, 0.05) is 10.9 Å². The van der Waals surface area contributed by atoms with Crippen LogP contribution in [0.2, 0.25) is 0 Å². The molecule has 1 aromatic heterocycles. The number of para-hydroxylation sites is 1. The van der Waals surface area contributed by atoms with E-state index in [2.05, 4.69) is 0 Å². The third-order valence-electron chi connectivity index (χ3n) is 4.68. The molecule has 1 aliphatic rings. The third kappa shape index (κ3) is 2.62. The molecule has 0 bridgehead atoms. The molecular weight excluding hydrogens is 326 g/mol. The Morgan fingerprint density at radius 1 is 1.00 bits per heavy atom. The maximum atomic E-state index is 13.4. The van der Waals surface area contributed by atoms with Gasteiger partial charge >= 0.3 is 6.09 Å². The first-order chi connectivity index (χ1) is 12.4. The van der Waals surface area contributed by atoms with Gasteiger partial charge in [-0.1, -0.05) is 42.5 Å². The van der Waals surface area contributed by atoms with Crippen molar-refractivity contribution in [3.63, 3.8) is 0 Å². The first-order valence-corrected chi connectivity index (χ1v) is 8.85. The number of carbonyl (C=O) groups is 2. The Kier molecular flexibility index (Phi) is 3.72. The van der Waals surface area contributed by atoms with Crippen LogP contribution in [-0.2, 0) is 17.6 Å². The summed E-state index contributed by atoms with van der Waals surface area (Å²) in [7, 11) is 0. The molecule has 3 aromatic rings. The SMILES string of the molecule is CC(C)(C)OC(=O)n1c2c(c3ccccc31)CCc1ccccc1C2=O. The normalized spacial score (nSPS) is 13.9. The van der Waals surface area contributed by atoms with E-state index in [1.54, 1.807) is 0 Å². The van der Waals surface area contributed by atoms with Gasteiger partial charge in [-0.25, -0.2) is 9.36 Å². The Hall–Kier alpha value is -2.88. The quantitative estimate of drug-likeness (QED) is 0.589. The molecule has 0 radical (unpaired) electrons.